The Morgan fingerprint density at radius 1 is 1.53 bits per heavy atom. The molecule has 3 nitrogen and oxygen atoms in total. The first-order chi connectivity index (χ1) is 8.24. The third-order valence-electron chi connectivity index (χ3n) is 4.15. The molecule has 1 N–H and O–H groups in total. The molecule has 3 atom stereocenters. The minimum absolute atomic E-state index is 0.182. The van der Waals surface area contributed by atoms with Crippen molar-refractivity contribution in [3.63, 3.8) is 0 Å². The number of nitrogens with one attached hydrogen (secondary N) is 1. The molecule has 0 aromatic carbocycles. The topological polar surface area (TPSA) is 32.3 Å². The van der Waals surface area contributed by atoms with Crippen LogP contribution in [0.5, 0.6) is 0 Å². The zero-order valence-corrected chi connectivity index (χ0v) is 10.9. The van der Waals surface area contributed by atoms with Crippen LogP contribution in [0.25, 0.3) is 0 Å². The maximum absolute atomic E-state index is 11.6. The van der Waals surface area contributed by atoms with Crippen molar-refractivity contribution >= 4 is 17.2 Å². The highest BCUT2D eigenvalue weighted by Crippen LogP contribution is 2.33. The molecule has 4 heteroatoms. The average Bonchev–Trinajstić information content (AvgIpc) is 2.93. The van der Waals surface area contributed by atoms with Gasteiger partial charge in [-0.2, -0.15) is 11.3 Å². The molecular formula is C13H18N2OS. The number of thiophene rings is 1. The number of hydrogen-bond donors (Lipinski definition) is 1. The van der Waals surface area contributed by atoms with Gasteiger partial charge in [-0.25, -0.2) is 0 Å². The monoisotopic (exact) mass is 250 g/mol. The molecule has 0 spiro atoms. The van der Waals surface area contributed by atoms with Gasteiger partial charge in [0.05, 0.1) is 0 Å². The first-order valence-electron chi connectivity index (χ1n) is 6.25. The maximum Gasteiger partial charge on any atom is 0.223 e. The Balaban J connectivity index is 1.66. The molecule has 1 aromatic rings. The van der Waals surface area contributed by atoms with Crippen molar-refractivity contribution in [2.45, 2.75) is 13.5 Å². The van der Waals surface area contributed by atoms with Gasteiger partial charge >= 0.3 is 0 Å². The number of nitrogens with zero attached hydrogens (tertiary/aromatic N) is 1. The Labute approximate surface area is 106 Å². The summed E-state index contributed by atoms with van der Waals surface area (Å²) in [5.41, 5.74) is 1.40. The van der Waals surface area contributed by atoms with E-state index in [2.05, 4.69) is 34.0 Å². The van der Waals surface area contributed by atoms with Crippen molar-refractivity contribution in [2.75, 3.05) is 19.6 Å². The number of rotatable bonds is 2. The van der Waals surface area contributed by atoms with Crippen LogP contribution in [0.2, 0.25) is 0 Å². The molecule has 0 aliphatic carbocycles. The van der Waals surface area contributed by atoms with E-state index < -0.39 is 0 Å². The molecule has 2 fully saturated rings. The van der Waals surface area contributed by atoms with Crippen LogP contribution in [0, 0.1) is 17.8 Å². The van der Waals surface area contributed by atoms with E-state index in [4.69, 9.17) is 0 Å². The van der Waals surface area contributed by atoms with Crippen molar-refractivity contribution in [1.82, 2.24) is 10.2 Å². The summed E-state index contributed by atoms with van der Waals surface area (Å²) in [5, 5.41) is 7.37. The van der Waals surface area contributed by atoms with Gasteiger partial charge in [0.2, 0.25) is 5.91 Å². The Hall–Kier alpha value is -0.870. The van der Waals surface area contributed by atoms with E-state index in [0.29, 0.717) is 11.8 Å². The fraction of sp³-hybridized carbons (Fsp3) is 0.615. The predicted octanol–water partition coefficient (Wildman–Crippen LogP) is 1.56. The van der Waals surface area contributed by atoms with Crippen LogP contribution in [0.3, 0.4) is 0 Å². The van der Waals surface area contributed by atoms with E-state index in [1.165, 1.54) is 5.56 Å². The Morgan fingerprint density at radius 3 is 3.18 bits per heavy atom. The average molecular weight is 250 g/mol. The summed E-state index contributed by atoms with van der Waals surface area (Å²) in [4.78, 5) is 14.1. The summed E-state index contributed by atoms with van der Waals surface area (Å²) in [5.74, 6) is 1.63. The van der Waals surface area contributed by atoms with Gasteiger partial charge in [-0.1, -0.05) is 6.92 Å². The minimum Gasteiger partial charge on any atom is -0.356 e. The van der Waals surface area contributed by atoms with Crippen LogP contribution in [0.4, 0.5) is 0 Å². The van der Waals surface area contributed by atoms with Gasteiger partial charge in [0.1, 0.15) is 0 Å². The molecule has 17 heavy (non-hydrogen) atoms. The number of carbonyl (C=O) groups is 1. The second kappa shape index (κ2) is 4.42. The van der Waals surface area contributed by atoms with Crippen LogP contribution >= 0.6 is 11.3 Å². The van der Waals surface area contributed by atoms with E-state index in [-0.39, 0.29) is 11.8 Å². The van der Waals surface area contributed by atoms with Gasteiger partial charge in [0.15, 0.2) is 0 Å². The number of likely N-dealkylation sites (tertiary alicyclic amines) is 1. The Kier molecular flexibility index (Phi) is 2.92. The lowest BCUT2D eigenvalue weighted by molar-refractivity contribution is -0.128. The second-order valence-corrected chi connectivity index (χ2v) is 6.06. The van der Waals surface area contributed by atoms with Gasteiger partial charge in [-0.15, -0.1) is 0 Å². The van der Waals surface area contributed by atoms with Gasteiger partial charge in [0.25, 0.3) is 0 Å². The highest BCUT2D eigenvalue weighted by Gasteiger charge is 2.41. The van der Waals surface area contributed by atoms with E-state index in [1.807, 2.05) is 0 Å². The smallest absolute Gasteiger partial charge is 0.223 e. The van der Waals surface area contributed by atoms with Crippen LogP contribution in [0.1, 0.15) is 12.5 Å². The quantitative estimate of drug-likeness (QED) is 0.864. The van der Waals surface area contributed by atoms with Crippen molar-refractivity contribution < 1.29 is 4.79 Å². The number of amides is 1. The largest absolute Gasteiger partial charge is 0.356 e. The molecule has 2 aliphatic rings. The van der Waals surface area contributed by atoms with Gasteiger partial charge in [0, 0.05) is 32.1 Å². The predicted molar refractivity (Wildman–Crippen MR) is 68.7 cm³/mol. The molecule has 1 amide bonds. The van der Waals surface area contributed by atoms with E-state index in [1.54, 1.807) is 11.3 Å². The van der Waals surface area contributed by atoms with Crippen LogP contribution in [-0.2, 0) is 11.3 Å². The first kappa shape index (κ1) is 11.2. The summed E-state index contributed by atoms with van der Waals surface area (Å²) in [7, 11) is 0. The fourth-order valence-corrected chi connectivity index (χ4v) is 3.79. The van der Waals surface area contributed by atoms with Crippen molar-refractivity contribution in [3.8, 4) is 0 Å². The third kappa shape index (κ3) is 2.11. The highest BCUT2D eigenvalue weighted by atomic mass is 32.1. The summed E-state index contributed by atoms with van der Waals surface area (Å²) in [6, 6.07) is 2.19. The zero-order chi connectivity index (χ0) is 11.8. The van der Waals surface area contributed by atoms with Crippen molar-refractivity contribution in [1.29, 1.82) is 0 Å². The molecule has 92 valence electrons. The number of carbonyl (C=O) groups excluding carboxylic acids is 1. The van der Waals surface area contributed by atoms with Crippen LogP contribution in [0.15, 0.2) is 16.8 Å². The Bertz CT molecular complexity index is 404. The highest BCUT2D eigenvalue weighted by molar-refractivity contribution is 7.07. The number of hydrogen-bond acceptors (Lipinski definition) is 3. The van der Waals surface area contributed by atoms with E-state index in [0.717, 1.165) is 26.2 Å². The molecule has 0 bridgehead atoms. The molecule has 2 aliphatic heterocycles. The molecule has 3 rings (SSSR count). The summed E-state index contributed by atoms with van der Waals surface area (Å²) in [6.45, 7) is 6.19. The molecule has 0 unspecified atom stereocenters. The maximum atomic E-state index is 11.6. The molecular weight excluding hydrogens is 232 g/mol. The molecule has 2 saturated heterocycles. The van der Waals surface area contributed by atoms with Crippen molar-refractivity contribution in [2.24, 2.45) is 17.8 Å². The lowest BCUT2D eigenvalue weighted by Gasteiger charge is -2.30. The van der Waals surface area contributed by atoms with Crippen LogP contribution in [-0.4, -0.2) is 30.4 Å². The fourth-order valence-electron chi connectivity index (χ4n) is 3.13. The summed E-state index contributed by atoms with van der Waals surface area (Å²) < 4.78 is 0. The van der Waals surface area contributed by atoms with Gasteiger partial charge < -0.3 is 5.32 Å². The van der Waals surface area contributed by atoms with Gasteiger partial charge in [-0.05, 0) is 34.2 Å². The summed E-state index contributed by atoms with van der Waals surface area (Å²) in [6.07, 6.45) is 0. The van der Waals surface area contributed by atoms with E-state index in [9.17, 15) is 4.79 Å². The normalized spacial score (nSPS) is 33.5. The van der Waals surface area contributed by atoms with Gasteiger partial charge in [-0.3, -0.25) is 9.69 Å². The second-order valence-electron chi connectivity index (χ2n) is 5.28. The number of piperidine rings is 1. The minimum atomic E-state index is 0.182. The summed E-state index contributed by atoms with van der Waals surface area (Å²) >= 11 is 1.76. The SMILES string of the molecule is C[C@H]1C(=O)NC[C@@H]2CN(Cc3ccsc3)C[C@@H]21. The van der Waals surface area contributed by atoms with Crippen molar-refractivity contribution in [3.05, 3.63) is 22.4 Å². The van der Waals surface area contributed by atoms with E-state index >= 15 is 0 Å². The van der Waals surface area contributed by atoms with Crippen LogP contribution < -0.4 is 5.32 Å². The lowest BCUT2D eigenvalue weighted by Crippen LogP contribution is -2.46. The molecule has 3 heterocycles. The molecule has 1 aromatic heterocycles. The zero-order valence-electron chi connectivity index (χ0n) is 10.1. The molecule has 0 saturated carbocycles. The Morgan fingerprint density at radius 2 is 2.41 bits per heavy atom. The lowest BCUT2D eigenvalue weighted by atomic mass is 9.81. The number of fused-ring (bicyclic) bond motifs is 1. The first-order valence-corrected chi connectivity index (χ1v) is 7.19. The standard InChI is InChI=1S/C13H18N2OS/c1-9-12-7-15(5-10-2-3-17-8-10)6-11(12)4-14-13(9)16/h2-3,8-9,11-12H,4-7H2,1H3,(H,14,16)/t9-,11-,12-/m1/s1. The molecule has 0 radical (unpaired) electrons. The third-order valence-corrected chi connectivity index (χ3v) is 4.88.